The third-order valence-corrected chi connectivity index (χ3v) is 4.10. The summed E-state index contributed by atoms with van der Waals surface area (Å²) >= 11 is 0. The molecule has 1 saturated carbocycles. The van der Waals surface area contributed by atoms with Crippen LogP contribution in [0.4, 0.5) is 0 Å². The molecule has 106 valence electrons. The normalized spacial score (nSPS) is 23.5. The van der Waals surface area contributed by atoms with Gasteiger partial charge in [-0.15, -0.1) is 0 Å². The van der Waals surface area contributed by atoms with Gasteiger partial charge in [-0.1, -0.05) is 31.0 Å². The van der Waals surface area contributed by atoms with Crippen molar-refractivity contribution < 1.29 is 4.74 Å². The van der Waals surface area contributed by atoms with Gasteiger partial charge in [0.05, 0.1) is 0 Å². The summed E-state index contributed by atoms with van der Waals surface area (Å²) in [6.07, 6.45) is 5.90. The molecular formula is C17H22N2O. The molecule has 1 aromatic heterocycles. The van der Waals surface area contributed by atoms with E-state index in [1.807, 2.05) is 25.1 Å². The standard InChI is InChI=1S/C17H22N2O/c1-12-10-11-13-6-5-9-16(17(13)19-12)20-15-8-4-2-3-7-14(15)18/h5-6,9-11,14-15H,2-4,7-8,18H2,1H3. The predicted octanol–water partition coefficient (Wildman–Crippen LogP) is 3.58. The molecule has 0 spiro atoms. The van der Waals surface area contributed by atoms with Crippen molar-refractivity contribution in [3.05, 3.63) is 36.0 Å². The molecule has 2 atom stereocenters. The summed E-state index contributed by atoms with van der Waals surface area (Å²) in [5, 5.41) is 1.12. The molecule has 0 aliphatic heterocycles. The second kappa shape index (κ2) is 5.80. The van der Waals surface area contributed by atoms with Gasteiger partial charge in [-0.3, -0.25) is 0 Å². The third kappa shape index (κ3) is 2.78. The number of rotatable bonds is 2. The molecule has 3 rings (SSSR count). The van der Waals surface area contributed by atoms with Crippen LogP contribution in [0, 0.1) is 6.92 Å². The topological polar surface area (TPSA) is 48.1 Å². The SMILES string of the molecule is Cc1ccc2cccc(OC3CCCCCC3N)c2n1. The van der Waals surface area contributed by atoms with E-state index in [4.69, 9.17) is 10.5 Å². The molecule has 1 aliphatic carbocycles. The van der Waals surface area contributed by atoms with Crippen LogP contribution in [-0.2, 0) is 0 Å². The van der Waals surface area contributed by atoms with Crippen LogP contribution in [-0.4, -0.2) is 17.1 Å². The number of aryl methyl sites for hydroxylation is 1. The lowest BCUT2D eigenvalue weighted by molar-refractivity contribution is 0.164. The molecule has 0 saturated heterocycles. The quantitative estimate of drug-likeness (QED) is 0.848. The van der Waals surface area contributed by atoms with E-state index in [-0.39, 0.29) is 12.1 Å². The molecule has 3 heteroatoms. The van der Waals surface area contributed by atoms with E-state index in [0.717, 1.165) is 35.2 Å². The number of hydrogen-bond donors (Lipinski definition) is 1. The first-order chi connectivity index (χ1) is 9.74. The van der Waals surface area contributed by atoms with Gasteiger partial charge in [0.2, 0.25) is 0 Å². The molecule has 0 bridgehead atoms. The summed E-state index contributed by atoms with van der Waals surface area (Å²) in [4.78, 5) is 4.62. The molecule has 3 nitrogen and oxygen atoms in total. The van der Waals surface area contributed by atoms with Crippen molar-refractivity contribution in [2.45, 2.75) is 51.2 Å². The van der Waals surface area contributed by atoms with Crippen LogP contribution in [0.3, 0.4) is 0 Å². The number of para-hydroxylation sites is 1. The van der Waals surface area contributed by atoms with Gasteiger partial charge in [-0.25, -0.2) is 4.98 Å². The van der Waals surface area contributed by atoms with Gasteiger partial charge in [0.1, 0.15) is 17.4 Å². The van der Waals surface area contributed by atoms with Gasteiger partial charge in [0.25, 0.3) is 0 Å². The number of ether oxygens (including phenoxy) is 1. The fourth-order valence-corrected chi connectivity index (χ4v) is 2.92. The number of aromatic nitrogens is 1. The number of hydrogen-bond acceptors (Lipinski definition) is 3. The highest BCUT2D eigenvalue weighted by Gasteiger charge is 2.22. The molecule has 1 aromatic carbocycles. The maximum atomic E-state index is 6.26. The van der Waals surface area contributed by atoms with Gasteiger partial charge in [0, 0.05) is 17.1 Å². The van der Waals surface area contributed by atoms with Crippen LogP contribution < -0.4 is 10.5 Å². The lowest BCUT2D eigenvalue weighted by atomic mass is 10.1. The highest BCUT2D eigenvalue weighted by atomic mass is 16.5. The van der Waals surface area contributed by atoms with Gasteiger partial charge < -0.3 is 10.5 Å². The van der Waals surface area contributed by atoms with E-state index < -0.39 is 0 Å². The maximum Gasteiger partial charge on any atom is 0.146 e. The fraction of sp³-hybridized carbons (Fsp3) is 0.471. The maximum absolute atomic E-state index is 6.26. The molecule has 1 heterocycles. The Labute approximate surface area is 120 Å². The summed E-state index contributed by atoms with van der Waals surface area (Å²) in [5.41, 5.74) is 8.22. The van der Waals surface area contributed by atoms with Crippen LogP contribution in [0.25, 0.3) is 10.9 Å². The Kier molecular flexibility index (Phi) is 3.88. The minimum Gasteiger partial charge on any atom is -0.487 e. The molecule has 1 aliphatic rings. The van der Waals surface area contributed by atoms with Gasteiger partial charge in [0.15, 0.2) is 0 Å². The summed E-state index contributed by atoms with van der Waals surface area (Å²) in [7, 11) is 0. The summed E-state index contributed by atoms with van der Waals surface area (Å²) in [6, 6.07) is 10.4. The monoisotopic (exact) mass is 270 g/mol. The fourth-order valence-electron chi connectivity index (χ4n) is 2.92. The summed E-state index contributed by atoms with van der Waals surface area (Å²) in [5.74, 6) is 0.869. The Hall–Kier alpha value is -1.61. The van der Waals surface area contributed by atoms with Crippen molar-refractivity contribution in [2.75, 3.05) is 0 Å². The van der Waals surface area contributed by atoms with E-state index in [1.165, 1.54) is 19.3 Å². The molecule has 0 radical (unpaired) electrons. The van der Waals surface area contributed by atoms with Crippen LogP contribution in [0.1, 0.15) is 37.8 Å². The van der Waals surface area contributed by atoms with Crippen molar-refractivity contribution in [3.63, 3.8) is 0 Å². The van der Waals surface area contributed by atoms with Crippen molar-refractivity contribution >= 4 is 10.9 Å². The van der Waals surface area contributed by atoms with E-state index >= 15 is 0 Å². The van der Waals surface area contributed by atoms with Crippen molar-refractivity contribution in [3.8, 4) is 5.75 Å². The average molecular weight is 270 g/mol. The van der Waals surface area contributed by atoms with Crippen LogP contribution in [0.15, 0.2) is 30.3 Å². The lowest BCUT2D eigenvalue weighted by Crippen LogP contribution is -2.37. The first kappa shape index (κ1) is 13.4. The average Bonchev–Trinajstić information content (AvgIpc) is 2.65. The molecule has 0 amide bonds. The zero-order chi connectivity index (χ0) is 13.9. The van der Waals surface area contributed by atoms with E-state index in [2.05, 4.69) is 17.1 Å². The molecule has 1 fully saturated rings. The van der Waals surface area contributed by atoms with Gasteiger partial charge in [-0.2, -0.15) is 0 Å². The first-order valence-electron chi connectivity index (χ1n) is 7.52. The van der Waals surface area contributed by atoms with E-state index in [0.29, 0.717) is 0 Å². The van der Waals surface area contributed by atoms with Crippen LogP contribution >= 0.6 is 0 Å². The Balaban J connectivity index is 1.91. The second-order valence-corrected chi connectivity index (χ2v) is 5.74. The Bertz CT molecular complexity index is 597. The number of nitrogens with zero attached hydrogens (tertiary/aromatic N) is 1. The number of nitrogens with two attached hydrogens (primary N) is 1. The number of pyridine rings is 1. The smallest absolute Gasteiger partial charge is 0.146 e. The summed E-state index contributed by atoms with van der Waals surface area (Å²) < 4.78 is 6.23. The van der Waals surface area contributed by atoms with Crippen LogP contribution in [0.2, 0.25) is 0 Å². The van der Waals surface area contributed by atoms with Crippen molar-refractivity contribution in [2.24, 2.45) is 5.73 Å². The van der Waals surface area contributed by atoms with Gasteiger partial charge >= 0.3 is 0 Å². The van der Waals surface area contributed by atoms with E-state index in [1.54, 1.807) is 0 Å². The molecule has 2 unspecified atom stereocenters. The lowest BCUT2D eigenvalue weighted by Gasteiger charge is -2.23. The highest BCUT2D eigenvalue weighted by molar-refractivity contribution is 5.84. The van der Waals surface area contributed by atoms with E-state index in [9.17, 15) is 0 Å². The zero-order valence-electron chi connectivity index (χ0n) is 12.0. The number of fused-ring (bicyclic) bond motifs is 1. The van der Waals surface area contributed by atoms with Crippen molar-refractivity contribution in [1.82, 2.24) is 4.98 Å². The third-order valence-electron chi connectivity index (χ3n) is 4.10. The second-order valence-electron chi connectivity index (χ2n) is 5.74. The molecule has 20 heavy (non-hydrogen) atoms. The van der Waals surface area contributed by atoms with Crippen molar-refractivity contribution in [1.29, 1.82) is 0 Å². The Morgan fingerprint density at radius 1 is 1.10 bits per heavy atom. The van der Waals surface area contributed by atoms with Crippen LogP contribution in [0.5, 0.6) is 5.75 Å². The minimum atomic E-state index is 0.116. The largest absolute Gasteiger partial charge is 0.487 e. The minimum absolute atomic E-state index is 0.116. The molecule has 2 aromatic rings. The summed E-state index contributed by atoms with van der Waals surface area (Å²) in [6.45, 7) is 2.01. The molecular weight excluding hydrogens is 248 g/mol. The molecule has 2 N–H and O–H groups in total. The zero-order valence-corrected chi connectivity index (χ0v) is 12.0. The Morgan fingerprint density at radius 2 is 1.95 bits per heavy atom. The number of benzene rings is 1. The highest BCUT2D eigenvalue weighted by Crippen LogP contribution is 2.28. The predicted molar refractivity (Wildman–Crippen MR) is 82.0 cm³/mol. The first-order valence-corrected chi connectivity index (χ1v) is 7.52. The Morgan fingerprint density at radius 3 is 2.85 bits per heavy atom. The van der Waals surface area contributed by atoms with Gasteiger partial charge in [-0.05, 0) is 38.3 Å².